The Labute approximate surface area is 176 Å². The van der Waals surface area contributed by atoms with Gasteiger partial charge in [0.05, 0.1) is 0 Å². The maximum Gasteiger partial charge on any atom is 0.241 e. The zero-order valence-electron chi connectivity index (χ0n) is 13.4. The number of rotatable bonds is 4. The molecule has 0 spiro atoms. The summed E-state index contributed by atoms with van der Waals surface area (Å²) >= 11 is 0. The van der Waals surface area contributed by atoms with E-state index in [0.29, 0.717) is 6.71 Å². The molecule has 3 aromatic carbocycles. The molecule has 0 unspecified atom stereocenters. The molecule has 0 aliphatic carbocycles. The van der Waals surface area contributed by atoms with Crippen LogP contribution in [-0.2, 0) is 6.42 Å². The minimum absolute atomic E-state index is 0. The number of aryl methyl sites for hydroxylation is 1. The second-order valence-electron chi connectivity index (χ2n) is 5.31. The van der Waals surface area contributed by atoms with E-state index >= 15 is 0 Å². The van der Waals surface area contributed by atoms with Crippen LogP contribution < -0.4 is 16.4 Å². The minimum Gasteiger partial charge on any atom is -0.0687 e. The van der Waals surface area contributed by atoms with Crippen LogP contribution >= 0.6 is 0 Å². The predicted molar refractivity (Wildman–Crippen MR) is 99.1 cm³/mol. The van der Waals surface area contributed by atoms with E-state index in [1.165, 1.54) is 22.0 Å². The first-order chi connectivity index (χ1) is 10.4. The first-order valence-corrected chi connectivity index (χ1v) is 7.58. The molecule has 0 atom stereocenters. The van der Waals surface area contributed by atoms with Crippen molar-refractivity contribution in [3.8, 4) is 0 Å². The summed E-state index contributed by atoms with van der Waals surface area (Å²) < 4.78 is 0. The SMILES string of the molecule is CCc1ccccc1B(c1ccccc1)c1ccccc1.[K]. The standard InChI is InChI=1S/C20H19B.K/c1-2-17-11-9-10-16-20(17)21(18-12-5-3-6-13-18)19-14-7-4-8-15-19;/h3-16H,2H2,1H3;. The molecule has 0 amide bonds. The van der Waals surface area contributed by atoms with Crippen LogP contribution in [0.3, 0.4) is 0 Å². The molecule has 0 bridgehead atoms. The van der Waals surface area contributed by atoms with Gasteiger partial charge in [0.2, 0.25) is 6.71 Å². The monoisotopic (exact) mass is 309 g/mol. The van der Waals surface area contributed by atoms with Gasteiger partial charge in [-0.1, -0.05) is 114 Å². The Morgan fingerprint density at radius 2 is 1.09 bits per heavy atom. The van der Waals surface area contributed by atoms with Gasteiger partial charge >= 0.3 is 0 Å². The molecule has 3 rings (SSSR count). The molecule has 0 fully saturated rings. The average molecular weight is 309 g/mol. The summed E-state index contributed by atoms with van der Waals surface area (Å²) in [5, 5.41) is 0. The van der Waals surface area contributed by atoms with Gasteiger partial charge in [0.15, 0.2) is 0 Å². The first kappa shape index (κ1) is 17.7. The van der Waals surface area contributed by atoms with Gasteiger partial charge < -0.3 is 0 Å². The molecule has 22 heavy (non-hydrogen) atoms. The van der Waals surface area contributed by atoms with Crippen molar-refractivity contribution in [2.45, 2.75) is 13.3 Å². The fourth-order valence-electron chi connectivity index (χ4n) is 2.98. The predicted octanol–water partition coefficient (Wildman–Crippen LogP) is 2.38. The molecule has 2 heteroatoms. The van der Waals surface area contributed by atoms with Crippen LogP contribution in [0.1, 0.15) is 12.5 Å². The molecule has 0 heterocycles. The normalized spacial score (nSPS) is 9.86. The Balaban J connectivity index is 0.00000176. The van der Waals surface area contributed by atoms with Gasteiger partial charge in [-0.05, 0) is 6.42 Å². The molecule has 0 N–H and O–H groups in total. The van der Waals surface area contributed by atoms with Gasteiger partial charge in [-0.25, -0.2) is 0 Å². The fraction of sp³-hybridized carbons (Fsp3) is 0.100. The van der Waals surface area contributed by atoms with Crippen LogP contribution in [0.4, 0.5) is 0 Å². The first-order valence-electron chi connectivity index (χ1n) is 7.58. The third-order valence-corrected chi connectivity index (χ3v) is 4.01. The minimum atomic E-state index is 0. The van der Waals surface area contributed by atoms with Crippen molar-refractivity contribution >= 4 is 74.5 Å². The summed E-state index contributed by atoms with van der Waals surface area (Å²) in [6.45, 7) is 2.54. The molecular weight excluding hydrogens is 290 g/mol. The van der Waals surface area contributed by atoms with Crippen LogP contribution in [0.15, 0.2) is 84.9 Å². The van der Waals surface area contributed by atoms with Crippen LogP contribution in [0.5, 0.6) is 0 Å². The largest absolute Gasteiger partial charge is 0.241 e. The second kappa shape index (κ2) is 8.85. The van der Waals surface area contributed by atoms with Crippen molar-refractivity contribution in [3.05, 3.63) is 90.5 Å². The van der Waals surface area contributed by atoms with Gasteiger partial charge in [-0.2, -0.15) is 0 Å². The molecule has 0 aromatic heterocycles. The van der Waals surface area contributed by atoms with Gasteiger partial charge in [-0.3, -0.25) is 0 Å². The molecule has 1 radical (unpaired) electrons. The summed E-state index contributed by atoms with van der Waals surface area (Å²) in [5.41, 5.74) is 5.54. The molecule has 3 aromatic rings. The van der Waals surface area contributed by atoms with Gasteiger partial charge in [0.1, 0.15) is 0 Å². The molecule has 0 saturated carbocycles. The van der Waals surface area contributed by atoms with Crippen molar-refractivity contribution in [1.29, 1.82) is 0 Å². The Kier molecular flexibility index (Phi) is 7.13. The zero-order valence-corrected chi connectivity index (χ0v) is 16.5. The molecule has 0 aliphatic heterocycles. The number of hydrogen-bond acceptors (Lipinski definition) is 0. The van der Waals surface area contributed by atoms with E-state index in [0.717, 1.165) is 6.42 Å². The van der Waals surface area contributed by atoms with Crippen molar-refractivity contribution in [2.75, 3.05) is 0 Å². The van der Waals surface area contributed by atoms with Crippen LogP contribution in [0.25, 0.3) is 0 Å². The van der Waals surface area contributed by atoms with Crippen LogP contribution in [-0.4, -0.2) is 58.1 Å². The fourth-order valence-corrected chi connectivity index (χ4v) is 2.98. The maximum absolute atomic E-state index is 2.27. The molecule has 0 nitrogen and oxygen atoms in total. The number of hydrogen-bond donors (Lipinski definition) is 0. The van der Waals surface area contributed by atoms with Crippen LogP contribution in [0.2, 0.25) is 0 Å². The van der Waals surface area contributed by atoms with Crippen molar-refractivity contribution in [3.63, 3.8) is 0 Å². The third kappa shape index (κ3) is 4.01. The van der Waals surface area contributed by atoms with Crippen molar-refractivity contribution in [1.82, 2.24) is 0 Å². The molecular formula is C20H19BK. The Bertz CT molecular complexity index is 656. The quantitative estimate of drug-likeness (QED) is 0.649. The summed E-state index contributed by atoms with van der Waals surface area (Å²) in [4.78, 5) is 0. The van der Waals surface area contributed by atoms with Crippen LogP contribution in [0, 0.1) is 0 Å². The Hall–Kier alpha value is -0.639. The topological polar surface area (TPSA) is 0 Å². The smallest absolute Gasteiger partial charge is 0.0687 e. The average Bonchev–Trinajstić information content (AvgIpc) is 2.58. The molecule has 0 saturated heterocycles. The zero-order chi connectivity index (χ0) is 14.5. The van der Waals surface area contributed by atoms with E-state index in [9.17, 15) is 0 Å². The van der Waals surface area contributed by atoms with E-state index < -0.39 is 0 Å². The Morgan fingerprint density at radius 1 is 0.636 bits per heavy atom. The summed E-state index contributed by atoms with van der Waals surface area (Å²) in [6, 6.07) is 30.4. The van der Waals surface area contributed by atoms with Gasteiger partial charge in [-0.15, -0.1) is 0 Å². The summed E-state index contributed by atoms with van der Waals surface area (Å²) in [6.07, 6.45) is 1.06. The van der Waals surface area contributed by atoms with E-state index in [1.807, 2.05) is 0 Å². The van der Waals surface area contributed by atoms with Crippen molar-refractivity contribution in [2.24, 2.45) is 0 Å². The number of benzene rings is 3. The third-order valence-electron chi connectivity index (χ3n) is 4.01. The summed E-state index contributed by atoms with van der Waals surface area (Å²) in [7, 11) is 0. The summed E-state index contributed by atoms with van der Waals surface area (Å²) in [5.74, 6) is 0. The van der Waals surface area contributed by atoms with E-state index in [4.69, 9.17) is 0 Å². The molecule has 103 valence electrons. The van der Waals surface area contributed by atoms with Gasteiger partial charge in [0, 0.05) is 51.4 Å². The molecule has 0 aliphatic rings. The van der Waals surface area contributed by atoms with Gasteiger partial charge in [0.25, 0.3) is 0 Å². The maximum atomic E-state index is 2.27. The van der Waals surface area contributed by atoms with E-state index in [-0.39, 0.29) is 51.4 Å². The Morgan fingerprint density at radius 3 is 1.59 bits per heavy atom. The second-order valence-corrected chi connectivity index (χ2v) is 5.31. The van der Waals surface area contributed by atoms with E-state index in [1.54, 1.807) is 0 Å². The van der Waals surface area contributed by atoms with Crippen molar-refractivity contribution < 1.29 is 0 Å². The van der Waals surface area contributed by atoms with E-state index in [2.05, 4.69) is 91.9 Å².